The third-order valence-corrected chi connectivity index (χ3v) is 3.31. The van der Waals surface area contributed by atoms with E-state index in [1.54, 1.807) is 6.20 Å². The van der Waals surface area contributed by atoms with E-state index in [0.29, 0.717) is 18.1 Å². The molecule has 15 heavy (non-hydrogen) atoms. The van der Waals surface area contributed by atoms with Gasteiger partial charge in [-0.1, -0.05) is 19.3 Å². The number of nitrogens with zero attached hydrogens (tertiary/aromatic N) is 2. The number of ketones is 1. The monoisotopic (exact) mass is 206 g/mol. The van der Waals surface area contributed by atoms with Gasteiger partial charge < -0.3 is 4.57 Å². The number of carbonyl (C=O) groups excluding carboxylic acids is 1. The molecule has 0 amide bonds. The molecule has 0 unspecified atom stereocenters. The quantitative estimate of drug-likeness (QED) is 0.759. The van der Waals surface area contributed by atoms with Crippen molar-refractivity contribution in [3.05, 3.63) is 18.2 Å². The van der Waals surface area contributed by atoms with Gasteiger partial charge in [-0.3, -0.25) is 4.79 Å². The van der Waals surface area contributed by atoms with Crippen LogP contribution in [0.2, 0.25) is 0 Å². The Bertz CT molecular complexity index is 337. The Kier molecular flexibility index (Phi) is 3.19. The Labute approximate surface area is 90.5 Å². The van der Waals surface area contributed by atoms with Crippen molar-refractivity contribution >= 4 is 5.78 Å². The summed E-state index contributed by atoms with van der Waals surface area (Å²) in [5.74, 6) is 1.57. The average molecular weight is 206 g/mol. The van der Waals surface area contributed by atoms with Gasteiger partial charge in [-0.15, -0.1) is 0 Å². The highest BCUT2D eigenvalue weighted by molar-refractivity contribution is 5.82. The van der Waals surface area contributed by atoms with Crippen LogP contribution in [0.1, 0.15) is 37.9 Å². The highest BCUT2D eigenvalue weighted by Crippen LogP contribution is 2.25. The lowest BCUT2D eigenvalue weighted by Crippen LogP contribution is -2.20. The molecule has 3 heteroatoms. The molecule has 0 aliphatic heterocycles. The Balaban J connectivity index is 1.94. The van der Waals surface area contributed by atoms with Gasteiger partial charge in [0.2, 0.25) is 0 Å². The first kappa shape index (κ1) is 10.4. The van der Waals surface area contributed by atoms with Gasteiger partial charge in [0, 0.05) is 25.4 Å². The highest BCUT2D eigenvalue weighted by atomic mass is 16.1. The van der Waals surface area contributed by atoms with Gasteiger partial charge in [-0.2, -0.15) is 0 Å². The summed E-state index contributed by atoms with van der Waals surface area (Å²) in [6.45, 7) is 0. The van der Waals surface area contributed by atoms with Gasteiger partial charge >= 0.3 is 0 Å². The third kappa shape index (κ3) is 2.46. The number of hydrogen-bond donors (Lipinski definition) is 0. The fourth-order valence-corrected chi connectivity index (χ4v) is 2.29. The molecule has 3 nitrogen and oxygen atoms in total. The molecule has 0 atom stereocenters. The lowest BCUT2D eigenvalue weighted by Gasteiger charge is -2.19. The fourth-order valence-electron chi connectivity index (χ4n) is 2.29. The van der Waals surface area contributed by atoms with Crippen molar-refractivity contribution < 1.29 is 4.79 Å². The van der Waals surface area contributed by atoms with Crippen LogP contribution in [-0.4, -0.2) is 15.3 Å². The Hall–Kier alpha value is -1.12. The summed E-state index contributed by atoms with van der Waals surface area (Å²) in [7, 11) is 1.94. The molecule has 0 aromatic carbocycles. The second-order valence-electron chi connectivity index (χ2n) is 4.43. The van der Waals surface area contributed by atoms with Crippen LogP contribution < -0.4 is 0 Å². The van der Waals surface area contributed by atoms with E-state index in [2.05, 4.69) is 4.98 Å². The van der Waals surface area contributed by atoms with Gasteiger partial charge in [-0.25, -0.2) is 4.98 Å². The van der Waals surface area contributed by atoms with Crippen molar-refractivity contribution in [2.75, 3.05) is 0 Å². The highest BCUT2D eigenvalue weighted by Gasteiger charge is 2.21. The molecule has 1 aliphatic carbocycles. The van der Waals surface area contributed by atoms with Gasteiger partial charge in [0.25, 0.3) is 0 Å². The molecule has 0 radical (unpaired) electrons. The zero-order valence-electron chi connectivity index (χ0n) is 9.28. The van der Waals surface area contributed by atoms with E-state index in [1.807, 2.05) is 17.8 Å². The van der Waals surface area contributed by atoms with Crippen molar-refractivity contribution in [1.82, 2.24) is 9.55 Å². The fraction of sp³-hybridized carbons (Fsp3) is 0.667. The van der Waals surface area contributed by atoms with E-state index < -0.39 is 0 Å². The van der Waals surface area contributed by atoms with Crippen LogP contribution in [0.5, 0.6) is 0 Å². The van der Waals surface area contributed by atoms with E-state index in [-0.39, 0.29) is 0 Å². The number of imidazole rings is 1. The van der Waals surface area contributed by atoms with Crippen molar-refractivity contribution in [2.45, 2.75) is 38.5 Å². The van der Waals surface area contributed by atoms with E-state index in [9.17, 15) is 4.79 Å². The topological polar surface area (TPSA) is 34.9 Å². The van der Waals surface area contributed by atoms with Gasteiger partial charge in [0.1, 0.15) is 11.6 Å². The predicted molar refractivity (Wildman–Crippen MR) is 58.5 cm³/mol. The number of hydrogen-bond acceptors (Lipinski definition) is 2. The molecule has 0 N–H and O–H groups in total. The van der Waals surface area contributed by atoms with Gasteiger partial charge in [0.05, 0.1) is 6.42 Å². The van der Waals surface area contributed by atoms with Crippen LogP contribution in [0.3, 0.4) is 0 Å². The van der Waals surface area contributed by atoms with Crippen LogP contribution in [0.25, 0.3) is 0 Å². The van der Waals surface area contributed by atoms with Crippen LogP contribution in [0.4, 0.5) is 0 Å². The molecule has 1 aromatic rings. The maximum Gasteiger partial charge on any atom is 0.143 e. The largest absolute Gasteiger partial charge is 0.338 e. The Morgan fingerprint density at radius 3 is 2.80 bits per heavy atom. The minimum atomic E-state index is 0.301. The van der Waals surface area contributed by atoms with E-state index in [0.717, 1.165) is 18.7 Å². The summed E-state index contributed by atoms with van der Waals surface area (Å²) in [5.41, 5.74) is 0. The molecule has 0 saturated heterocycles. The summed E-state index contributed by atoms with van der Waals surface area (Å²) in [4.78, 5) is 16.2. The van der Waals surface area contributed by atoms with Crippen LogP contribution in [-0.2, 0) is 18.3 Å². The molecule has 1 fully saturated rings. The lowest BCUT2D eigenvalue weighted by atomic mass is 9.85. The number of rotatable bonds is 3. The minimum Gasteiger partial charge on any atom is -0.338 e. The summed E-state index contributed by atoms with van der Waals surface area (Å²) >= 11 is 0. The first-order valence-electron chi connectivity index (χ1n) is 5.76. The molecule has 1 saturated carbocycles. The van der Waals surface area contributed by atoms with E-state index >= 15 is 0 Å². The summed E-state index contributed by atoms with van der Waals surface area (Å²) in [6, 6.07) is 0. The van der Waals surface area contributed by atoms with Crippen molar-refractivity contribution in [2.24, 2.45) is 13.0 Å². The van der Waals surface area contributed by atoms with Crippen LogP contribution in [0.15, 0.2) is 12.4 Å². The molecule has 1 heterocycles. The van der Waals surface area contributed by atoms with Crippen LogP contribution in [0, 0.1) is 5.92 Å². The predicted octanol–water partition coefficient (Wildman–Crippen LogP) is 2.11. The maximum atomic E-state index is 12.0. The molecule has 0 bridgehead atoms. The minimum absolute atomic E-state index is 0.301. The number of aromatic nitrogens is 2. The van der Waals surface area contributed by atoms with Crippen molar-refractivity contribution in [1.29, 1.82) is 0 Å². The first-order chi connectivity index (χ1) is 7.27. The van der Waals surface area contributed by atoms with E-state index in [1.165, 1.54) is 19.3 Å². The molecule has 1 aromatic heterocycles. The first-order valence-corrected chi connectivity index (χ1v) is 5.76. The number of Topliss-reactive ketones (excluding diaryl/α,β-unsaturated/α-hetero) is 1. The second kappa shape index (κ2) is 4.60. The SMILES string of the molecule is Cn1ccnc1CC(=O)C1CCCCC1. The standard InChI is InChI=1S/C12H18N2O/c1-14-8-7-13-12(14)9-11(15)10-5-3-2-4-6-10/h7-8,10H,2-6,9H2,1H3. The lowest BCUT2D eigenvalue weighted by molar-refractivity contribution is -0.123. The molecule has 1 aliphatic rings. The number of carbonyl (C=O) groups is 1. The zero-order chi connectivity index (χ0) is 10.7. The van der Waals surface area contributed by atoms with Gasteiger partial charge in [-0.05, 0) is 12.8 Å². The van der Waals surface area contributed by atoms with Crippen molar-refractivity contribution in [3.8, 4) is 0 Å². The van der Waals surface area contributed by atoms with Crippen molar-refractivity contribution in [3.63, 3.8) is 0 Å². The summed E-state index contributed by atoms with van der Waals surface area (Å²) in [5, 5.41) is 0. The molecule has 82 valence electrons. The number of aryl methyl sites for hydroxylation is 1. The summed E-state index contributed by atoms with van der Waals surface area (Å²) < 4.78 is 1.93. The zero-order valence-corrected chi connectivity index (χ0v) is 9.28. The Morgan fingerprint density at radius 1 is 1.47 bits per heavy atom. The van der Waals surface area contributed by atoms with Gasteiger partial charge in [0.15, 0.2) is 0 Å². The average Bonchev–Trinajstić information content (AvgIpc) is 2.66. The van der Waals surface area contributed by atoms with Crippen LogP contribution >= 0.6 is 0 Å². The summed E-state index contributed by atoms with van der Waals surface area (Å²) in [6.07, 6.45) is 10.1. The Morgan fingerprint density at radius 2 is 2.20 bits per heavy atom. The smallest absolute Gasteiger partial charge is 0.143 e. The van der Waals surface area contributed by atoms with E-state index in [4.69, 9.17) is 0 Å². The maximum absolute atomic E-state index is 12.0. The third-order valence-electron chi connectivity index (χ3n) is 3.31. The molecular weight excluding hydrogens is 188 g/mol. The molecule has 0 spiro atoms. The normalized spacial score (nSPS) is 17.9. The second-order valence-corrected chi connectivity index (χ2v) is 4.43. The molecular formula is C12H18N2O. The molecule has 2 rings (SSSR count).